The molecular weight excluding hydrogens is 392 g/mol. The molecule has 2 fully saturated rings. The Morgan fingerprint density at radius 1 is 1.16 bits per heavy atom. The van der Waals surface area contributed by atoms with Crippen LogP contribution in [0.4, 0.5) is 0 Å². The Balaban J connectivity index is 1.71. The van der Waals surface area contributed by atoms with Gasteiger partial charge in [0.1, 0.15) is 17.7 Å². The monoisotopic (exact) mass is 430 g/mol. The molecule has 2 aliphatic rings. The minimum atomic E-state index is -0.476. The molecule has 6 nitrogen and oxygen atoms in total. The predicted octanol–water partition coefficient (Wildman–Crippen LogP) is 5.00. The molecule has 0 aliphatic carbocycles. The molecule has 1 N–H and O–H groups in total. The van der Waals surface area contributed by atoms with Gasteiger partial charge in [-0.3, -0.25) is 9.59 Å². The lowest BCUT2D eigenvalue weighted by molar-refractivity contribution is -0.128. The molecule has 0 aromatic carbocycles. The van der Waals surface area contributed by atoms with Crippen molar-refractivity contribution in [2.45, 2.75) is 104 Å². The fourth-order valence-electron chi connectivity index (χ4n) is 4.40. The molecule has 172 valence electrons. The summed E-state index contributed by atoms with van der Waals surface area (Å²) in [5, 5.41) is 3.13. The largest absolute Gasteiger partial charge is 0.449 e. The first-order valence-electron chi connectivity index (χ1n) is 11.7. The Kier molecular flexibility index (Phi) is 7.40. The second-order valence-corrected chi connectivity index (χ2v) is 10.3. The summed E-state index contributed by atoms with van der Waals surface area (Å²) >= 11 is 0. The number of rotatable bonds is 2. The minimum Gasteiger partial charge on any atom is -0.449 e. The third-order valence-electron chi connectivity index (χ3n) is 6.95. The van der Waals surface area contributed by atoms with Crippen molar-refractivity contribution < 1.29 is 18.7 Å². The second-order valence-electron chi connectivity index (χ2n) is 10.3. The van der Waals surface area contributed by atoms with Gasteiger partial charge in [-0.05, 0) is 38.2 Å². The molecule has 3 rings (SSSR count). The normalized spacial score (nSPS) is 33.1. The summed E-state index contributed by atoms with van der Waals surface area (Å²) in [4.78, 5) is 29.8. The number of hydrogen-bond donors (Lipinski definition) is 1. The van der Waals surface area contributed by atoms with Crippen molar-refractivity contribution in [2.24, 2.45) is 11.3 Å². The predicted molar refractivity (Wildman–Crippen MR) is 120 cm³/mol. The van der Waals surface area contributed by atoms with E-state index in [9.17, 15) is 9.59 Å². The summed E-state index contributed by atoms with van der Waals surface area (Å²) in [6.07, 6.45) is 12.0. The van der Waals surface area contributed by atoms with Crippen LogP contribution in [0.1, 0.15) is 90.6 Å². The highest BCUT2D eigenvalue weighted by Gasteiger charge is 2.51. The first-order valence-corrected chi connectivity index (χ1v) is 11.7. The number of amides is 1. The molecular formula is C25H38N2O4. The van der Waals surface area contributed by atoms with E-state index in [0.29, 0.717) is 31.1 Å². The molecule has 6 heteroatoms. The summed E-state index contributed by atoms with van der Waals surface area (Å²) in [5.41, 5.74) is 0.144. The summed E-state index contributed by atoms with van der Waals surface area (Å²) in [7, 11) is 0. The number of oxazole rings is 1. The Hall–Kier alpha value is -1.95. The molecule has 2 saturated heterocycles. The molecule has 4 atom stereocenters. The van der Waals surface area contributed by atoms with Crippen LogP contribution in [0, 0.1) is 18.3 Å². The van der Waals surface area contributed by atoms with Crippen molar-refractivity contribution in [2.75, 3.05) is 0 Å². The van der Waals surface area contributed by atoms with Gasteiger partial charge in [-0.1, -0.05) is 39.7 Å². The van der Waals surface area contributed by atoms with Crippen LogP contribution in [0.25, 0.3) is 6.08 Å². The average molecular weight is 431 g/mol. The Morgan fingerprint density at radius 3 is 2.65 bits per heavy atom. The van der Waals surface area contributed by atoms with Crippen LogP contribution in [-0.4, -0.2) is 34.4 Å². The molecule has 1 aromatic heterocycles. The molecule has 0 spiro atoms. The highest BCUT2D eigenvalue weighted by atomic mass is 16.6. The van der Waals surface area contributed by atoms with Crippen molar-refractivity contribution in [3.63, 3.8) is 0 Å². The van der Waals surface area contributed by atoms with Crippen molar-refractivity contribution in [1.82, 2.24) is 10.3 Å². The van der Waals surface area contributed by atoms with Gasteiger partial charge in [-0.25, -0.2) is 4.98 Å². The van der Waals surface area contributed by atoms with Crippen molar-refractivity contribution in [3.05, 3.63) is 23.9 Å². The summed E-state index contributed by atoms with van der Waals surface area (Å²) in [6.45, 7) is 10.1. The number of ether oxygens (including phenoxy) is 1. The molecule has 0 radical (unpaired) electrons. The number of nitrogens with one attached hydrogen (secondary N) is 1. The van der Waals surface area contributed by atoms with Crippen molar-refractivity contribution in [3.8, 4) is 0 Å². The number of carbonyl (C=O) groups is 2. The zero-order valence-corrected chi connectivity index (χ0v) is 19.7. The van der Waals surface area contributed by atoms with E-state index in [1.807, 2.05) is 26.0 Å². The van der Waals surface area contributed by atoms with Crippen molar-refractivity contribution >= 4 is 17.8 Å². The number of aryl methyl sites for hydroxylation is 1. The number of Topliss-reactive ketones (excluding diaryl/α,β-unsaturated/α-hetero) is 1. The Bertz CT molecular complexity index is 812. The SMILES string of the molecule is Cc1nc(C=CC2CC3OC3(C)CCCC(C)CCC(=O)C(C)(C)CCC(=O)N2)co1. The summed E-state index contributed by atoms with van der Waals surface area (Å²) in [5.74, 6) is 1.36. The van der Waals surface area contributed by atoms with Gasteiger partial charge in [0.05, 0.1) is 17.7 Å². The van der Waals surface area contributed by atoms with Gasteiger partial charge in [0.15, 0.2) is 5.89 Å². The molecule has 1 aromatic rings. The van der Waals surface area contributed by atoms with E-state index >= 15 is 0 Å². The number of hydrogen-bond acceptors (Lipinski definition) is 5. The van der Waals surface area contributed by atoms with Gasteiger partial charge in [0.25, 0.3) is 0 Å². The average Bonchev–Trinajstić information content (AvgIpc) is 3.13. The molecule has 3 heterocycles. The number of ketones is 1. The Morgan fingerprint density at radius 2 is 1.94 bits per heavy atom. The van der Waals surface area contributed by atoms with Crippen molar-refractivity contribution in [1.29, 1.82) is 0 Å². The van der Waals surface area contributed by atoms with Gasteiger partial charge < -0.3 is 14.5 Å². The van der Waals surface area contributed by atoms with Crippen LogP contribution in [-0.2, 0) is 14.3 Å². The fraction of sp³-hybridized carbons (Fsp3) is 0.720. The first-order chi connectivity index (χ1) is 14.6. The minimum absolute atomic E-state index is 0.0327. The summed E-state index contributed by atoms with van der Waals surface area (Å²) in [6, 6.07) is -0.151. The lowest BCUT2D eigenvalue weighted by Gasteiger charge is -2.24. The number of fused-ring (bicyclic) bond motifs is 1. The zero-order chi connectivity index (χ0) is 22.6. The van der Waals surface area contributed by atoms with Gasteiger partial charge in [0.2, 0.25) is 5.91 Å². The van der Waals surface area contributed by atoms with Gasteiger partial charge in [0, 0.05) is 31.6 Å². The quantitative estimate of drug-likeness (QED) is 0.667. The maximum Gasteiger partial charge on any atom is 0.220 e. The Labute approximate surface area is 186 Å². The lowest BCUT2D eigenvalue weighted by atomic mass is 9.80. The molecule has 1 amide bonds. The van der Waals surface area contributed by atoms with Crippen LogP contribution in [0.15, 0.2) is 16.8 Å². The number of carbonyl (C=O) groups excluding carboxylic acids is 2. The van der Waals surface area contributed by atoms with Gasteiger partial charge in [-0.15, -0.1) is 0 Å². The smallest absolute Gasteiger partial charge is 0.220 e. The van der Waals surface area contributed by atoms with Gasteiger partial charge >= 0.3 is 0 Å². The maximum absolute atomic E-state index is 12.7. The molecule has 4 unspecified atom stereocenters. The van der Waals surface area contributed by atoms with Crippen LogP contribution >= 0.6 is 0 Å². The molecule has 2 aliphatic heterocycles. The van der Waals surface area contributed by atoms with Crippen LogP contribution < -0.4 is 5.32 Å². The topological polar surface area (TPSA) is 84.7 Å². The number of epoxide rings is 1. The van der Waals surface area contributed by atoms with E-state index in [1.54, 1.807) is 13.2 Å². The number of nitrogens with zero attached hydrogens (tertiary/aromatic N) is 1. The van der Waals surface area contributed by atoms with E-state index in [0.717, 1.165) is 37.8 Å². The van der Waals surface area contributed by atoms with E-state index in [4.69, 9.17) is 9.15 Å². The molecule has 0 saturated carbocycles. The lowest BCUT2D eigenvalue weighted by Crippen LogP contribution is -2.36. The third kappa shape index (κ3) is 6.76. The second kappa shape index (κ2) is 9.68. The van der Waals surface area contributed by atoms with Crippen LogP contribution in [0.2, 0.25) is 0 Å². The van der Waals surface area contributed by atoms with E-state index in [2.05, 4.69) is 24.1 Å². The fourth-order valence-corrected chi connectivity index (χ4v) is 4.40. The standard InChI is InChI=1S/C25H38N2O4/c1-17-7-6-13-25(5)22(31-25)15-19(9-10-20-16-30-18(2)26-20)27-23(29)12-14-24(3,4)21(28)11-8-17/h9-10,16-17,19,22H,6-8,11-15H2,1-5H3,(H,27,29). The first kappa shape index (κ1) is 23.7. The van der Waals surface area contributed by atoms with E-state index < -0.39 is 5.41 Å². The van der Waals surface area contributed by atoms with Crippen LogP contribution in [0.3, 0.4) is 0 Å². The molecule has 31 heavy (non-hydrogen) atoms. The highest BCUT2D eigenvalue weighted by Crippen LogP contribution is 2.44. The van der Waals surface area contributed by atoms with Gasteiger partial charge in [-0.2, -0.15) is 0 Å². The van der Waals surface area contributed by atoms with E-state index in [1.165, 1.54) is 0 Å². The van der Waals surface area contributed by atoms with E-state index in [-0.39, 0.29) is 29.4 Å². The highest BCUT2D eigenvalue weighted by molar-refractivity contribution is 5.85. The third-order valence-corrected chi connectivity index (χ3v) is 6.95. The maximum atomic E-state index is 12.7. The van der Waals surface area contributed by atoms with Crippen LogP contribution in [0.5, 0.6) is 0 Å². The molecule has 0 bridgehead atoms. The zero-order valence-electron chi connectivity index (χ0n) is 19.7. The number of aromatic nitrogens is 1. The summed E-state index contributed by atoms with van der Waals surface area (Å²) < 4.78 is 11.3.